The number of methoxy groups -OCH3 is 1. The van der Waals surface area contributed by atoms with Crippen molar-refractivity contribution in [1.29, 1.82) is 16.2 Å². The molecule has 13 atom stereocenters. The Morgan fingerprint density at radius 1 is 0.445 bits per heavy atom. The zero-order valence-electron chi connectivity index (χ0n) is 81.0. The first-order valence-corrected chi connectivity index (χ1v) is 45.7. The summed E-state index contributed by atoms with van der Waals surface area (Å²) in [6.07, 6.45) is -7.63. The largest absolute Gasteiger partial charge is 0.497 e. The fraction of sp³-hybridized carbons (Fsp3) is 0.511. The molecule has 146 heavy (non-hydrogen) atoms. The highest BCUT2D eigenvalue weighted by Crippen LogP contribution is 2.30. The summed E-state index contributed by atoms with van der Waals surface area (Å²) < 4.78 is 10.4. The third-order valence-electron chi connectivity index (χ3n) is 21.2. The van der Waals surface area contributed by atoms with Crippen LogP contribution < -0.4 is 129 Å². The van der Waals surface area contributed by atoms with Crippen LogP contribution in [0.4, 0.5) is 17.1 Å². The fourth-order valence-electron chi connectivity index (χ4n) is 13.9. The number of guanidine groups is 3. The smallest absolute Gasteiger partial charge is 0.336 e. The van der Waals surface area contributed by atoms with Crippen molar-refractivity contribution in [2.24, 2.45) is 40.5 Å². The molecule has 0 fully saturated rings. The van der Waals surface area contributed by atoms with Crippen LogP contribution in [0.5, 0.6) is 5.75 Å². The van der Waals surface area contributed by atoms with Crippen molar-refractivity contribution in [3.63, 3.8) is 0 Å². The Balaban J connectivity index is 0.0000134. The molecule has 0 spiro atoms. The number of carboxylic acid groups (broad SMARTS) is 4. The van der Waals surface area contributed by atoms with Crippen LogP contribution in [-0.4, -0.2) is 284 Å². The number of anilines is 1. The van der Waals surface area contributed by atoms with E-state index in [0.717, 1.165) is 38.1 Å². The molecule has 0 bridgehead atoms. The number of unbranched alkanes of at least 4 members (excludes halogenated alkanes) is 1. The second-order valence-electron chi connectivity index (χ2n) is 34.0. The molecule has 35 N–H and O–H groups in total. The number of carbonyl (C=O) groups excluding carboxylic acids is 15. The minimum absolute atomic E-state index is 0.0138. The molecule has 0 aliphatic rings. The average molecular weight is 2060 g/mol. The number of amides is 15. The first-order valence-electron chi connectivity index (χ1n) is 45.7. The second-order valence-corrected chi connectivity index (χ2v) is 34.0. The van der Waals surface area contributed by atoms with Gasteiger partial charge in [-0.3, -0.25) is 128 Å². The lowest BCUT2D eigenvalue weighted by molar-refractivity contribution is -0.393. The van der Waals surface area contributed by atoms with E-state index in [-0.39, 0.29) is 107 Å². The molecule has 0 saturated heterocycles. The molecular formula is C88H129N27O31. The number of carboxylic acids is 4. The maximum Gasteiger partial charge on any atom is 0.336 e. The van der Waals surface area contributed by atoms with Gasteiger partial charge in [0.05, 0.1) is 48.9 Å². The summed E-state index contributed by atoms with van der Waals surface area (Å²) >= 11 is 0. The molecule has 802 valence electrons. The highest BCUT2D eigenvalue weighted by Gasteiger charge is 2.40. The number of primary amides is 2. The molecule has 3 aromatic carbocycles. The summed E-state index contributed by atoms with van der Waals surface area (Å²) in [6, 6.07) is -7.22. The highest BCUT2D eigenvalue weighted by molar-refractivity contribution is 6.02. The third-order valence-corrected chi connectivity index (χ3v) is 21.2. The average Bonchev–Trinajstić information content (AvgIpc) is 0.798. The molecule has 0 aliphatic heterocycles. The zero-order valence-corrected chi connectivity index (χ0v) is 81.0. The van der Waals surface area contributed by atoms with Gasteiger partial charge in [0.15, 0.2) is 17.9 Å². The van der Waals surface area contributed by atoms with Crippen LogP contribution in [0, 0.1) is 48.3 Å². The molecule has 58 nitrogen and oxygen atoms in total. The molecule has 0 saturated carbocycles. The number of rotatable bonds is 65. The predicted molar refractivity (Wildman–Crippen MR) is 517 cm³/mol. The lowest BCUT2D eigenvalue weighted by Crippen LogP contribution is -2.61. The predicted octanol–water partition coefficient (Wildman–Crippen LogP) is -5.85. The zero-order chi connectivity index (χ0) is 110. The minimum Gasteiger partial charge on any atom is -0.497 e. The summed E-state index contributed by atoms with van der Waals surface area (Å²) in [6.45, 7) is 6.71. The van der Waals surface area contributed by atoms with Crippen LogP contribution in [0.25, 0.3) is 11.0 Å². The van der Waals surface area contributed by atoms with Gasteiger partial charge < -0.3 is 154 Å². The summed E-state index contributed by atoms with van der Waals surface area (Å²) in [5.41, 5.74) is 25.9. The van der Waals surface area contributed by atoms with E-state index in [2.05, 4.69) is 90.4 Å². The van der Waals surface area contributed by atoms with Gasteiger partial charge in [-0.25, -0.2) is 4.79 Å². The van der Waals surface area contributed by atoms with Crippen molar-refractivity contribution in [2.75, 3.05) is 45.2 Å². The van der Waals surface area contributed by atoms with E-state index in [1.165, 1.54) is 51.3 Å². The van der Waals surface area contributed by atoms with E-state index in [1.54, 1.807) is 32.0 Å². The van der Waals surface area contributed by atoms with Crippen molar-refractivity contribution in [2.45, 2.75) is 236 Å². The standard InChI is InChI=1S/C86H125N27O29.C2H4O2/c1-42(2)33-57(107-81(134)59(39-64(87)115)110-83(136)70(43(3)4)111-77(130)56(26-28-67(119)120)106-82(135)61(41-114)100-65(116)35-46-36-69(123)142-63-38-48(141-6)22-23-49(46)63)79(132)109-60(40-68(121)122)78(131)99-44(5)72(125)102-55(25-27-66(117)118)76(129)108-58(34-45-15-8-7-9-16-45)80(133)105-54(20-14-32-98-86(93)94)75(128)103-52(17-10-11-29-95-50-24-21-47(112(137)138)37-62(50)113(139)140)74(127)104-53(19-13-31-97-85(91)92)73(126)101-51(71(88)124)18-12-30-96-84(89)90;1-2(3)4/h7-9,15-16,21-24,36-38,42-44,51-61,70,95,114H,10-14,17-20,25-35,39-41H2,1-6H3,(H2,87,115)(H2,88,124)(H,99,131)(H,100,116)(H,101,126)(H,102,125)(H,103,128)(H,104,127)(H,105,133)(H,106,135)(H,107,134)(H,108,129)(H,109,132)(H,110,136)(H,111,130)(H,117,118)(H,119,120)(H,121,122)(H4,89,90,96)(H4,91,92,97)(H4,93,94,98);1H3,(H,3,4)/t44-,51-,52-,53-,54-,55-,56-,57-,58-,59-,60-,61-,70-;/m0./s1. The Morgan fingerprint density at radius 3 is 1.33 bits per heavy atom. The lowest BCUT2D eigenvalue weighted by atomic mass is 10.00. The lowest BCUT2D eigenvalue weighted by Gasteiger charge is -2.29. The molecule has 0 aliphatic carbocycles. The number of aliphatic carboxylic acids is 4. The minimum atomic E-state index is -2.14. The van der Waals surface area contributed by atoms with Gasteiger partial charge in [0.2, 0.25) is 88.6 Å². The Morgan fingerprint density at radius 2 is 0.870 bits per heavy atom. The summed E-state index contributed by atoms with van der Waals surface area (Å²) in [5, 5.41) is 135. The third kappa shape index (κ3) is 46.6. The van der Waals surface area contributed by atoms with Crippen LogP contribution in [0.2, 0.25) is 0 Å². The molecule has 0 radical (unpaired) electrons. The molecule has 4 rings (SSSR count). The highest BCUT2D eigenvalue weighted by atomic mass is 16.6. The number of non-ortho nitro benzene ring substituents is 1. The molecule has 0 unspecified atom stereocenters. The van der Waals surface area contributed by atoms with Gasteiger partial charge >= 0.3 is 23.5 Å². The van der Waals surface area contributed by atoms with Gasteiger partial charge in [-0.1, -0.05) is 58.0 Å². The molecule has 1 aromatic heterocycles. The van der Waals surface area contributed by atoms with Crippen molar-refractivity contribution >= 4 is 158 Å². The van der Waals surface area contributed by atoms with Gasteiger partial charge in [0.1, 0.15) is 95.6 Å². The Labute approximate surface area is 833 Å². The van der Waals surface area contributed by atoms with Crippen LogP contribution in [-0.2, 0) is 104 Å². The number of nitro groups is 2. The van der Waals surface area contributed by atoms with E-state index < -0.39 is 306 Å². The van der Waals surface area contributed by atoms with Crippen LogP contribution in [0.1, 0.15) is 155 Å². The normalized spacial score (nSPS) is 13.5. The Hall–Kier alpha value is -17.0. The number of benzene rings is 3. The van der Waals surface area contributed by atoms with Crippen LogP contribution in [0.3, 0.4) is 0 Å². The fourth-order valence-corrected chi connectivity index (χ4v) is 13.9. The number of aliphatic hydroxyl groups excluding tert-OH is 1. The monoisotopic (exact) mass is 2060 g/mol. The van der Waals surface area contributed by atoms with E-state index in [4.69, 9.17) is 64.0 Å². The van der Waals surface area contributed by atoms with Gasteiger partial charge in [-0.05, 0) is 125 Å². The van der Waals surface area contributed by atoms with E-state index >= 15 is 9.59 Å². The van der Waals surface area contributed by atoms with Crippen molar-refractivity contribution in [3.05, 3.63) is 115 Å². The summed E-state index contributed by atoms with van der Waals surface area (Å²) in [7, 11) is 1.36. The quantitative estimate of drug-likeness (QED) is 0.00489. The molecule has 15 amide bonds. The number of hydrogen-bond acceptors (Lipinski definition) is 31. The maximum atomic E-state index is 15.1. The number of hydrogen-bond donors (Lipinski definition) is 30. The molecule has 58 heteroatoms. The van der Waals surface area contributed by atoms with Crippen LogP contribution in [0.15, 0.2) is 82.0 Å². The Bertz CT molecular complexity index is 5370. The van der Waals surface area contributed by atoms with E-state index in [9.17, 15) is 122 Å². The Kier molecular flexibility index (Phi) is 53.1. The second kappa shape index (κ2) is 63.0. The number of nitrogens with one attached hydrogen (secondary N) is 20. The van der Waals surface area contributed by atoms with Gasteiger partial charge in [-0.15, -0.1) is 0 Å². The number of carbonyl (C=O) groups is 19. The van der Waals surface area contributed by atoms with Gasteiger partial charge in [0.25, 0.3) is 17.3 Å². The van der Waals surface area contributed by atoms with E-state index in [0.29, 0.717) is 16.7 Å². The first kappa shape index (κ1) is 123. The molecule has 1 heterocycles. The number of nitrogens with two attached hydrogens (primary N) is 5. The number of nitrogens with zero attached hydrogens (tertiary/aromatic N) is 2. The number of fused-ring (bicyclic) bond motifs is 1. The molecular weight excluding hydrogens is 1930 g/mol. The van der Waals surface area contributed by atoms with Crippen LogP contribution >= 0.6 is 0 Å². The number of ether oxygens (including phenoxy) is 1. The summed E-state index contributed by atoms with van der Waals surface area (Å²) in [4.78, 5) is 292. The number of nitro benzene ring substituents is 2. The van der Waals surface area contributed by atoms with Crippen molar-refractivity contribution in [3.8, 4) is 5.75 Å². The summed E-state index contributed by atoms with van der Waals surface area (Å²) in [5.74, 6) is -25.8. The van der Waals surface area contributed by atoms with Gasteiger partial charge in [0, 0.05) is 76.0 Å². The number of aliphatic hydroxyl groups is 1. The van der Waals surface area contributed by atoms with Crippen molar-refractivity contribution in [1.82, 2.24) is 85.1 Å². The first-order chi connectivity index (χ1) is 68.6. The topological polar surface area (TPSA) is 957 Å². The van der Waals surface area contributed by atoms with Gasteiger partial charge in [-0.2, -0.15) is 0 Å². The SMILES string of the molecule is CC(=O)O.COc1ccc2c(CC(=O)N[C@@H](CO)C(=O)N[C@@H](CCC(=O)O)C(=O)N[C@H](C(=O)N[C@@H](CC(N)=O)C(=O)N[C@@H](CC(C)C)C(=O)N[C@@H](CC(=O)O)C(=O)N[C@@H](C)C(=O)N[C@@H](CCC(=O)O)C(=O)N[C@@H](Cc3ccccc3)C(=O)N[C@@H](CCCNC(=N)N)C(=O)N[C@@H](CCCCNc3ccc([N+](=O)[O-])cc3[N+](=O)[O-])C(=O)N[C@@H](CCCNC(=N)N)C(=O)N[C@@H](CCCNC(=N)N)C(N)=O)C(C)C)cc(=O)oc2c1. The molecule has 4 aromatic rings. The van der Waals surface area contributed by atoms with E-state index in [1.807, 2.05) is 0 Å². The maximum absolute atomic E-state index is 15.1. The van der Waals surface area contributed by atoms with Crippen molar-refractivity contribution < 1.29 is 136 Å².